The third-order valence-corrected chi connectivity index (χ3v) is 3.50. The van der Waals surface area contributed by atoms with Crippen molar-refractivity contribution in [3.05, 3.63) is 0 Å². The van der Waals surface area contributed by atoms with Crippen molar-refractivity contribution >= 4 is 6.03 Å². The Morgan fingerprint density at radius 1 is 1.30 bits per heavy atom. The molecular weight excluding hydrogens is 256 g/mol. The van der Waals surface area contributed by atoms with Crippen LogP contribution in [0.4, 0.5) is 4.79 Å². The number of aliphatic hydroxyl groups excluding tert-OH is 1. The molecular formula is C15H30N2O3. The molecule has 0 aromatic heterocycles. The first-order chi connectivity index (χ1) is 9.47. The Hall–Kier alpha value is -0.810. The van der Waals surface area contributed by atoms with Crippen molar-refractivity contribution in [1.82, 2.24) is 10.6 Å². The molecule has 0 spiro atoms. The van der Waals surface area contributed by atoms with Crippen LogP contribution >= 0.6 is 0 Å². The van der Waals surface area contributed by atoms with Gasteiger partial charge in [-0.1, -0.05) is 20.3 Å². The second-order valence-electron chi connectivity index (χ2n) is 6.37. The number of ether oxygens (including phenoxy) is 1. The summed E-state index contributed by atoms with van der Waals surface area (Å²) in [6.07, 6.45) is 3.64. The fraction of sp³-hybridized carbons (Fsp3) is 0.933. The number of carbonyl (C=O) groups excluding carboxylic acids is 1. The van der Waals surface area contributed by atoms with E-state index in [1.807, 2.05) is 6.92 Å². The Morgan fingerprint density at radius 3 is 2.70 bits per heavy atom. The summed E-state index contributed by atoms with van der Waals surface area (Å²) in [5, 5.41) is 15.3. The van der Waals surface area contributed by atoms with E-state index in [2.05, 4.69) is 24.5 Å². The zero-order valence-electron chi connectivity index (χ0n) is 13.0. The van der Waals surface area contributed by atoms with Crippen molar-refractivity contribution in [3.8, 4) is 0 Å². The molecule has 0 saturated heterocycles. The van der Waals surface area contributed by atoms with Crippen LogP contribution in [-0.4, -0.2) is 43.0 Å². The lowest BCUT2D eigenvalue weighted by atomic mass is 9.87. The summed E-state index contributed by atoms with van der Waals surface area (Å²) in [7, 11) is 0. The van der Waals surface area contributed by atoms with Crippen LogP contribution in [0.25, 0.3) is 0 Å². The van der Waals surface area contributed by atoms with Gasteiger partial charge in [0.25, 0.3) is 0 Å². The molecule has 3 unspecified atom stereocenters. The van der Waals surface area contributed by atoms with Crippen LogP contribution in [0.1, 0.15) is 46.5 Å². The molecule has 1 fully saturated rings. The molecule has 20 heavy (non-hydrogen) atoms. The van der Waals surface area contributed by atoms with E-state index >= 15 is 0 Å². The van der Waals surface area contributed by atoms with Crippen LogP contribution in [0, 0.1) is 11.8 Å². The van der Waals surface area contributed by atoms with Gasteiger partial charge in [-0.05, 0) is 38.0 Å². The first-order valence-electron chi connectivity index (χ1n) is 7.77. The van der Waals surface area contributed by atoms with Gasteiger partial charge in [0, 0.05) is 13.2 Å². The zero-order chi connectivity index (χ0) is 15.0. The lowest BCUT2D eigenvalue weighted by Gasteiger charge is -2.26. The van der Waals surface area contributed by atoms with E-state index in [4.69, 9.17) is 4.74 Å². The quantitative estimate of drug-likeness (QED) is 0.669. The highest BCUT2D eigenvalue weighted by atomic mass is 16.5. The van der Waals surface area contributed by atoms with E-state index in [1.54, 1.807) is 0 Å². The number of aliphatic hydroxyl groups is 1. The maximum Gasteiger partial charge on any atom is 0.315 e. The van der Waals surface area contributed by atoms with Crippen LogP contribution in [0.2, 0.25) is 0 Å². The summed E-state index contributed by atoms with van der Waals surface area (Å²) in [6, 6.07) is -0.142. The lowest BCUT2D eigenvalue weighted by molar-refractivity contribution is 0.0941. The van der Waals surface area contributed by atoms with E-state index in [9.17, 15) is 9.90 Å². The minimum Gasteiger partial charge on any atom is -0.393 e. The summed E-state index contributed by atoms with van der Waals surface area (Å²) < 4.78 is 5.49. The first kappa shape index (κ1) is 17.2. The number of rotatable bonds is 7. The van der Waals surface area contributed by atoms with Gasteiger partial charge in [0.15, 0.2) is 0 Å². The largest absolute Gasteiger partial charge is 0.393 e. The number of amides is 2. The van der Waals surface area contributed by atoms with Gasteiger partial charge in [-0.3, -0.25) is 0 Å². The number of urea groups is 1. The van der Waals surface area contributed by atoms with Crippen LogP contribution in [0.5, 0.6) is 0 Å². The lowest BCUT2D eigenvalue weighted by Crippen LogP contribution is -2.44. The predicted octanol–water partition coefficient (Wildman–Crippen LogP) is 1.90. The van der Waals surface area contributed by atoms with Crippen molar-refractivity contribution in [2.24, 2.45) is 11.8 Å². The monoisotopic (exact) mass is 286 g/mol. The van der Waals surface area contributed by atoms with E-state index in [1.165, 1.54) is 0 Å². The third kappa shape index (κ3) is 7.70. The van der Waals surface area contributed by atoms with Gasteiger partial charge in [0.1, 0.15) is 0 Å². The molecule has 5 heteroatoms. The van der Waals surface area contributed by atoms with Crippen molar-refractivity contribution in [2.45, 2.75) is 58.6 Å². The molecule has 118 valence electrons. The Bertz CT molecular complexity index is 284. The van der Waals surface area contributed by atoms with Crippen molar-refractivity contribution in [3.63, 3.8) is 0 Å². The van der Waals surface area contributed by atoms with Crippen LogP contribution in [0.15, 0.2) is 0 Å². The molecule has 1 aliphatic carbocycles. The summed E-state index contributed by atoms with van der Waals surface area (Å²) in [5.74, 6) is 0.908. The fourth-order valence-electron chi connectivity index (χ4n) is 2.48. The van der Waals surface area contributed by atoms with Gasteiger partial charge >= 0.3 is 6.03 Å². The van der Waals surface area contributed by atoms with Gasteiger partial charge in [-0.15, -0.1) is 0 Å². The first-order valence-corrected chi connectivity index (χ1v) is 7.77. The third-order valence-electron chi connectivity index (χ3n) is 3.50. The highest BCUT2D eigenvalue weighted by molar-refractivity contribution is 5.74. The number of carbonyl (C=O) groups is 1. The Morgan fingerprint density at radius 2 is 2.05 bits per heavy atom. The molecule has 5 nitrogen and oxygen atoms in total. The van der Waals surface area contributed by atoms with E-state index < -0.39 is 0 Å². The van der Waals surface area contributed by atoms with Gasteiger partial charge in [-0.2, -0.15) is 0 Å². The molecule has 2 amide bonds. The average Bonchev–Trinajstić information content (AvgIpc) is 2.36. The molecule has 0 radical (unpaired) electrons. The highest BCUT2D eigenvalue weighted by Gasteiger charge is 2.20. The smallest absolute Gasteiger partial charge is 0.315 e. The second-order valence-corrected chi connectivity index (χ2v) is 6.37. The van der Waals surface area contributed by atoms with E-state index in [0.717, 1.165) is 25.7 Å². The molecule has 3 N–H and O–H groups in total. The summed E-state index contributed by atoms with van der Waals surface area (Å²) >= 11 is 0. The summed E-state index contributed by atoms with van der Waals surface area (Å²) in [6.45, 7) is 8.03. The molecule has 0 aromatic rings. The van der Waals surface area contributed by atoms with E-state index in [-0.39, 0.29) is 18.2 Å². The molecule has 1 aliphatic rings. The molecule has 0 heterocycles. The second kappa shape index (κ2) is 9.19. The minimum atomic E-state index is -0.193. The van der Waals surface area contributed by atoms with E-state index in [0.29, 0.717) is 31.6 Å². The Balaban J connectivity index is 2.09. The summed E-state index contributed by atoms with van der Waals surface area (Å²) in [5.41, 5.74) is 0. The molecule has 3 atom stereocenters. The Labute approximate surface area is 122 Å². The molecule has 0 aromatic carbocycles. The SMILES string of the molecule is CC(C)COCC(C)NC(=O)NCC1CCCC(O)C1. The number of hydrogen-bond acceptors (Lipinski definition) is 3. The standard InChI is InChI=1S/C15H30N2O3/c1-11(2)9-20-10-12(3)17-15(19)16-8-13-5-4-6-14(18)7-13/h11-14,18H,4-10H2,1-3H3,(H2,16,17,19). The molecule has 0 aliphatic heterocycles. The maximum atomic E-state index is 11.7. The van der Waals surface area contributed by atoms with Crippen molar-refractivity contribution in [2.75, 3.05) is 19.8 Å². The number of nitrogens with one attached hydrogen (secondary N) is 2. The van der Waals surface area contributed by atoms with Gasteiger partial charge in [0.2, 0.25) is 0 Å². The van der Waals surface area contributed by atoms with Crippen LogP contribution in [-0.2, 0) is 4.74 Å². The van der Waals surface area contributed by atoms with Crippen molar-refractivity contribution < 1.29 is 14.6 Å². The number of hydrogen-bond donors (Lipinski definition) is 3. The maximum absolute atomic E-state index is 11.7. The zero-order valence-corrected chi connectivity index (χ0v) is 13.0. The predicted molar refractivity (Wildman–Crippen MR) is 79.6 cm³/mol. The van der Waals surface area contributed by atoms with Gasteiger partial charge < -0.3 is 20.5 Å². The fourth-order valence-corrected chi connectivity index (χ4v) is 2.48. The summed E-state index contributed by atoms with van der Waals surface area (Å²) in [4.78, 5) is 11.7. The van der Waals surface area contributed by atoms with Crippen molar-refractivity contribution in [1.29, 1.82) is 0 Å². The van der Waals surface area contributed by atoms with Gasteiger partial charge in [-0.25, -0.2) is 4.79 Å². The molecule has 1 saturated carbocycles. The van der Waals surface area contributed by atoms with Crippen LogP contribution < -0.4 is 10.6 Å². The topological polar surface area (TPSA) is 70.6 Å². The van der Waals surface area contributed by atoms with Crippen LogP contribution in [0.3, 0.4) is 0 Å². The normalized spacial score (nSPS) is 24.4. The average molecular weight is 286 g/mol. The highest BCUT2D eigenvalue weighted by Crippen LogP contribution is 2.23. The minimum absolute atomic E-state index is 0.00527. The Kier molecular flexibility index (Phi) is 7.92. The molecule has 1 rings (SSSR count). The van der Waals surface area contributed by atoms with Gasteiger partial charge in [0.05, 0.1) is 18.8 Å². The molecule has 0 bridgehead atoms.